The van der Waals surface area contributed by atoms with Crippen molar-refractivity contribution in [3.05, 3.63) is 0 Å². The summed E-state index contributed by atoms with van der Waals surface area (Å²) in [6.07, 6.45) is 0. The molecule has 5 nitrogen and oxygen atoms in total. The molecular weight excluding hydrogens is 178 g/mol. The topological polar surface area (TPSA) is 75.4 Å². The Labute approximate surface area is 72.0 Å². The molecule has 0 spiro atoms. The predicted octanol–water partition coefficient (Wildman–Crippen LogP) is -2.07. The molecule has 2 aliphatic rings. The molecule has 2 rings (SSSR count). The Bertz CT molecular complexity index is 267. The molecule has 0 aromatic carbocycles. The molecule has 12 heavy (non-hydrogen) atoms. The molecule has 0 unspecified atom stereocenters. The van der Waals surface area contributed by atoms with Crippen molar-refractivity contribution >= 4 is 10.0 Å². The first-order valence-electron chi connectivity index (χ1n) is 4.04. The van der Waals surface area contributed by atoms with Crippen LogP contribution in [-0.2, 0) is 10.0 Å². The van der Waals surface area contributed by atoms with Gasteiger partial charge in [0, 0.05) is 32.2 Å². The van der Waals surface area contributed by atoms with Crippen LogP contribution in [0.5, 0.6) is 0 Å². The Hall–Kier alpha value is -0.170. The molecule has 3 N–H and O–H groups in total. The van der Waals surface area contributed by atoms with Crippen molar-refractivity contribution < 1.29 is 8.42 Å². The second-order valence-corrected chi connectivity index (χ2v) is 5.32. The van der Waals surface area contributed by atoms with Crippen molar-refractivity contribution in [3.8, 4) is 0 Å². The highest BCUT2D eigenvalue weighted by Gasteiger charge is 2.40. The van der Waals surface area contributed by atoms with E-state index in [0.717, 1.165) is 13.1 Å². The lowest BCUT2D eigenvalue weighted by Crippen LogP contribution is -2.67. The maximum atomic E-state index is 10.8. The molecule has 0 atom stereocenters. The van der Waals surface area contributed by atoms with E-state index in [9.17, 15) is 8.42 Å². The van der Waals surface area contributed by atoms with E-state index in [1.807, 2.05) is 0 Å². The molecule has 2 heterocycles. The molecule has 0 bridgehead atoms. The van der Waals surface area contributed by atoms with Crippen molar-refractivity contribution in [2.45, 2.75) is 11.3 Å². The molecule has 0 aliphatic carbocycles. The Balaban J connectivity index is 1.83. The van der Waals surface area contributed by atoms with E-state index in [1.165, 1.54) is 0 Å². The zero-order chi connectivity index (χ0) is 8.77. The highest BCUT2D eigenvalue weighted by atomic mass is 32.2. The number of sulfonamides is 1. The highest BCUT2D eigenvalue weighted by Crippen LogP contribution is 2.18. The number of nitrogens with zero attached hydrogens (tertiary/aromatic N) is 1. The van der Waals surface area contributed by atoms with Gasteiger partial charge in [-0.15, -0.1) is 0 Å². The summed E-state index contributed by atoms with van der Waals surface area (Å²) in [5.41, 5.74) is 0. The van der Waals surface area contributed by atoms with E-state index < -0.39 is 10.0 Å². The fourth-order valence-electron chi connectivity index (χ4n) is 1.51. The Morgan fingerprint density at radius 1 is 1.33 bits per heavy atom. The van der Waals surface area contributed by atoms with Gasteiger partial charge in [-0.2, -0.15) is 0 Å². The third-order valence-electron chi connectivity index (χ3n) is 2.62. The van der Waals surface area contributed by atoms with Crippen molar-refractivity contribution in [3.63, 3.8) is 0 Å². The van der Waals surface area contributed by atoms with Gasteiger partial charge in [-0.05, 0) is 0 Å². The minimum atomic E-state index is -3.28. The maximum Gasteiger partial charge on any atom is 0.214 e. The number of nitrogens with one attached hydrogen (secondary N) is 1. The number of rotatable bonds is 2. The van der Waals surface area contributed by atoms with Gasteiger partial charge in [0.25, 0.3) is 0 Å². The van der Waals surface area contributed by atoms with Crippen molar-refractivity contribution in [2.24, 2.45) is 5.14 Å². The number of primary sulfonamides is 1. The lowest BCUT2D eigenvalue weighted by atomic mass is 10.1. The van der Waals surface area contributed by atoms with E-state index >= 15 is 0 Å². The van der Waals surface area contributed by atoms with E-state index in [2.05, 4.69) is 10.2 Å². The average Bonchev–Trinajstić information content (AvgIpc) is 1.67. The molecule has 0 saturated carbocycles. The first-order valence-corrected chi connectivity index (χ1v) is 5.64. The van der Waals surface area contributed by atoms with Crippen molar-refractivity contribution in [1.29, 1.82) is 0 Å². The molecule has 0 amide bonds. The summed E-state index contributed by atoms with van der Waals surface area (Å²) in [6, 6.07) is 0.544. The van der Waals surface area contributed by atoms with Crippen molar-refractivity contribution in [1.82, 2.24) is 10.2 Å². The quantitative estimate of drug-likeness (QED) is 0.526. The van der Waals surface area contributed by atoms with Crippen LogP contribution in [0, 0.1) is 0 Å². The van der Waals surface area contributed by atoms with E-state index in [4.69, 9.17) is 5.14 Å². The molecule has 0 aromatic rings. The fraction of sp³-hybridized carbons (Fsp3) is 1.00. The minimum Gasteiger partial charge on any atom is -0.314 e. The largest absolute Gasteiger partial charge is 0.314 e. The third-order valence-corrected chi connectivity index (χ3v) is 3.84. The van der Waals surface area contributed by atoms with Crippen LogP contribution in [-0.4, -0.2) is 50.8 Å². The second-order valence-electron chi connectivity index (χ2n) is 3.48. The first-order chi connectivity index (χ1) is 5.57. The molecule has 2 aliphatic heterocycles. The van der Waals surface area contributed by atoms with Gasteiger partial charge in [0.2, 0.25) is 10.0 Å². The number of nitrogens with two attached hydrogens (primary N) is 1. The molecule has 2 fully saturated rings. The van der Waals surface area contributed by atoms with Crippen LogP contribution < -0.4 is 10.5 Å². The van der Waals surface area contributed by atoms with E-state index in [-0.39, 0.29) is 5.25 Å². The van der Waals surface area contributed by atoms with Crippen LogP contribution in [0.4, 0.5) is 0 Å². The smallest absolute Gasteiger partial charge is 0.214 e. The summed E-state index contributed by atoms with van der Waals surface area (Å²) in [7, 11) is -3.28. The third kappa shape index (κ3) is 1.35. The standard InChI is InChI=1S/C6H13N3O2S/c7-12(10,11)6-3-9(4-6)5-1-8-2-5/h5-6,8H,1-4H2,(H2,7,10,11). The number of hydrogen-bond acceptors (Lipinski definition) is 4. The Morgan fingerprint density at radius 3 is 2.25 bits per heavy atom. The van der Waals surface area contributed by atoms with Gasteiger partial charge >= 0.3 is 0 Å². The summed E-state index contributed by atoms with van der Waals surface area (Å²) in [4.78, 5) is 2.16. The van der Waals surface area contributed by atoms with E-state index in [1.54, 1.807) is 0 Å². The van der Waals surface area contributed by atoms with Gasteiger partial charge in [-0.25, -0.2) is 13.6 Å². The lowest BCUT2D eigenvalue weighted by molar-refractivity contribution is 0.0858. The first kappa shape index (κ1) is 8.43. The van der Waals surface area contributed by atoms with Crippen LogP contribution in [0.15, 0.2) is 0 Å². The average molecular weight is 191 g/mol. The number of hydrogen-bond donors (Lipinski definition) is 2. The van der Waals surface area contributed by atoms with Crippen LogP contribution in [0.3, 0.4) is 0 Å². The molecule has 2 saturated heterocycles. The van der Waals surface area contributed by atoms with Gasteiger partial charge in [0.15, 0.2) is 0 Å². The minimum absolute atomic E-state index is 0.321. The van der Waals surface area contributed by atoms with Gasteiger partial charge < -0.3 is 5.32 Å². The van der Waals surface area contributed by atoms with Gasteiger partial charge in [-0.1, -0.05) is 0 Å². The molecular formula is C6H13N3O2S. The van der Waals surface area contributed by atoms with Crippen LogP contribution >= 0.6 is 0 Å². The molecule has 0 aromatic heterocycles. The van der Waals surface area contributed by atoms with Crippen LogP contribution in [0.1, 0.15) is 0 Å². The van der Waals surface area contributed by atoms with Gasteiger partial charge in [0.1, 0.15) is 5.25 Å². The van der Waals surface area contributed by atoms with Crippen LogP contribution in [0.2, 0.25) is 0 Å². The van der Waals surface area contributed by atoms with Gasteiger partial charge in [-0.3, -0.25) is 4.90 Å². The van der Waals surface area contributed by atoms with Crippen LogP contribution in [0.25, 0.3) is 0 Å². The lowest BCUT2D eigenvalue weighted by Gasteiger charge is -2.46. The number of likely N-dealkylation sites (tertiary alicyclic amines) is 1. The van der Waals surface area contributed by atoms with E-state index in [0.29, 0.717) is 19.1 Å². The maximum absolute atomic E-state index is 10.8. The molecule has 0 radical (unpaired) electrons. The Morgan fingerprint density at radius 2 is 1.92 bits per heavy atom. The summed E-state index contributed by atoms with van der Waals surface area (Å²) < 4.78 is 21.6. The monoisotopic (exact) mass is 191 g/mol. The summed E-state index contributed by atoms with van der Waals surface area (Å²) in [5.74, 6) is 0. The predicted molar refractivity (Wildman–Crippen MR) is 45.1 cm³/mol. The fourth-order valence-corrected chi connectivity index (χ4v) is 2.31. The molecule has 6 heteroatoms. The molecule has 70 valence electrons. The summed E-state index contributed by atoms with van der Waals surface area (Å²) in [6.45, 7) is 3.20. The second kappa shape index (κ2) is 2.66. The highest BCUT2D eigenvalue weighted by molar-refractivity contribution is 7.89. The zero-order valence-electron chi connectivity index (χ0n) is 6.73. The summed E-state index contributed by atoms with van der Waals surface area (Å²) in [5, 5.41) is 7.81. The Kier molecular flexibility index (Phi) is 1.87. The van der Waals surface area contributed by atoms with Gasteiger partial charge in [0.05, 0.1) is 0 Å². The normalized spacial score (nSPS) is 28.1. The summed E-state index contributed by atoms with van der Waals surface area (Å²) >= 11 is 0. The SMILES string of the molecule is NS(=O)(=O)C1CN(C2CNC2)C1. The van der Waals surface area contributed by atoms with Crippen molar-refractivity contribution in [2.75, 3.05) is 26.2 Å². The zero-order valence-corrected chi connectivity index (χ0v) is 7.55.